The molecule has 1 fully saturated rings. The van der Waals surface area contributed by atoms with Gasteiger partial charge in [-0.3, -0.25) is 4.79 Å². The fourth-order valence-electron chi connectivity index (χ4n) is 2.44. The number of aliphatic hydroxyl groups is 1. The van der Waals surface area contributed by atoms with Gasteiger partial charge in [0.05, 0.1) is 18.7 Å². The number of hydrogen-bond acceptors (Lipinski definition) is 3. The largest absolute Gasteiger partial charge is 0.394 e. The van der Waals surface area contributed by atoms with Crippen molar-refractivity contribution < 1.29 is 9.90 Å². The van der Waals surface area contributed by atoms with Crippen LogP contribution in [0.5, 0.6) is 0 Å². The first-order valence-electron chi connectivity index (χ1n) is 7.01. The van der Waals surface area contributed by atoms with Crippen LogP contribution in [0.3, 0.4) is 0 Å². The highest BCUT2D eigenvalue weighted by Crippen LogP contribution is 2.14. The SMILES string of the molecule is O=C(N[C@H](CO)c1ccccc1)C1CCCCCN1. The highest BCUT2D eigenvalue weighted by molar-refractivity contribution is 5.82. The second kappa shape index (κ2) is 7.26. The van der Waals surface area contributed by atoms with E-state index >= 15 is 0 Å². The zero-order valence-electron chi connectivity index (χ0n) is 11.1. The van der Waals surface area contributed by atoms with E-state index < -0.39 is 0 Å². The molecular formula is C15H22N2O2. The lowest BCUT2D eigenvalue weighted by atomic mass is 10.1. The van der Waals surface area contributed by atoms with Crippen LogP contribution in [0, 0.1) is 0 Å². The summed E-state index contributed by atoms with van der Waals surface area (Å²) < 4.78 is 0. The van der Waals surface area contributed by atoms with Crippen molar-refractivity contribution in [2.75, 3.05) is 13.2 Å². The average Bonchev–Trinajstić information content (AvgIpc) is 2.74. The first-order valence-corrected chi connectivity index (χ1v) is 7.01. The molecule has 2 atom stereocenters. The molecule has 1 aliphatic heterocycles. The predicted octanol–water partition coefficient (Wildman–Crippen LogP) is 1.37. The Kier molecular flexibility index (Phi) is 5.36. The summed E-state index contributed by atoms with van der Waals surface area (Å²) in [7, 11) is 0. The summed E-state index contributed by atoms with van der Waals surface area (Å²) in [4.78, 5) is 12.2. The summed E-state index contributed by atoms with van der Waals surface area (Å²) in [5, 5.41) is 15.6. The van der Waals surface area contributed by atoms with Gasteiger partial charge in [-0.2, -0.15) is 0 Å². The lowest BCUT2D eigenvalue weighted by molar-refractivity contribution is -0.124. The van der Waals surface area contributed by atoms with Crippen molar-refractivity contribution in [2.45, 2.75) is 37.8 Å². The number of nitrogens with one attached hydrogen (secondary N) is 2. The molecule has 2 rings (SSSR count). The Balaban J connectivity index is 1.96. The molecule has 1 saturated heterocycles. The summed E-state index contributed by atoms with van der Waals surface area (Å²) in [6.07, 6.45) is 4.27. The Morgan fingerprint density at radius 1 is 1.32 bits per heavy atom. The summed E-state index contributed by atoms with van der Waals surface area (Å²) in [6, 6.07) is 9.14. The third-order valence-corrected chi connectivity index (χ3v) is 3.58. The number of rotatable bonds is 4. The number of carbonyl (C=O) groups is 1. The molecule has 1 amide bonds. The highest BCUT2D eigenvalue weighted by Gasteiger charge is 2.22. The third-order valence-electron chi connectivity index (χ3n) is 3.58. The van der Waals surface area contributed by atoms with Crippen LogP contribution >= 0.6 is 0 Å². The molecule has 19 heavy (non-hydrogen) atoms. The van der Waals surface area contributed by atoms with Gasteiger partial charge in [-0.1, -0.05) is 43.2 Å². The van der Waals surface area contributed by atoms with E-state index in [-0.39, 0.29) is 24.6 Å². The molecule has 0 aliphatic carbocycles. The standard InChI is InChI=1S/C15H22N2O2/c18-11-14(12-7-3-1-4-8-12)17-15(19)13-9-5-2-6-10-16-13/h1,3-4,7-8,13-14,16,18H,2,5-6,9-11H2,(H,17,19)/t13?,14-/m1/s1. The molecule has 1 heterocycles. The van der Waals surface area contributed by atoms with E-state index in [0.29, 0.717) is 0 Å². The molecule has 1 aromatic rings. The van der Waals surface area contributed by atoms with Crippen LogP contribution in [-0.4, -0.2) is 30.2 Å². The van der Waals surface area contributed by atoms with Crippen molar-refractivity contribution >= 4 is 5.91 Å². The maximum absolute atomic E-state index is 12.2. The minimum absolute atomic E-state index is 0.00944. The van der Waals surface area contributed by atoms with Gasteiger partial charge >= 0.3 is 0 Å². The fourth-order valence-corrected chi connectivity index (χ4v) is 2.44. The summed E-state index contributed by atoms with van der Waals surface area (Å²) in [5.74, 6) is -0.00944. The number of amides is 1. The maximum Gasteiger partial charge on any atom is 0.237 e. The number of carbonyl (C=O) groups excluding carboxylic acids is 1. The first-order chi connectivity index (χ1) is 9.31. The van der Waals surface area contributed by atoms with Gasteiger partial charge < -0.3 is 15.7 Å². The molecule has 1 aliphatic rings. The van der Waals surface area contributed by atoms with Crippen molar-refractivity contribution in [1.29, 1.82) is 0 Å². The molecule has 0 saturated carbocycles. The average molecular weight is 262 g/mol. The van der Waals surface area contributed by atoms with Gasteiger partial charge in [-0.25, -0.2) is 0 Å². The molecule has 4 nitrogen and oxygen atoms in total. The van der Waals surface area contributed by atoms with Gasteiger partial charge in [-0.05, 0) is 24.9 Å². The van der Waals surface area contributed by atoms with Gasteiger partial charge in [0.2, 0.25) is 5.91 Å². The van der Waals surface area contributed by atoms with Crippen molar-refractivity contribution in [2.24, 2.45) is 0 Å². The van der Waals surface area contributed by atoms with Crippen molar-refractivity contribution in [3.05, 3.63) is 35.9 Å². The Morgan fingerprint density at radius 3 is 2.84 bits per heavy atom. The molecule has 0 aromatic heterocycles. The minimum Gasteiger partial charge on any atom is -0.394 e. The lowest BCUT2D eigenvalue weighted by Gasteiger charge is -2.21. The topological polar surface area (TPSA) is 61.4 Å². The van der Waals surface area contributed by atoms with E-state index in [2.05, 4.69) is 10.6 Å². The zero-order chi connectivity index (χ0) is 13.5. The van der Waals surface area contributed by atoms with Crippen LogP contribution < -0.4 is 10.6 Å². The lowest BCUT2D eigenvalue weighted by Crippen LogP contribution is -2.45. The quantitative estimate of drug-likeness (QED) is 0.768. The number of hydrogen-bond donors (Lipinski definition) is 3. The van der Waals surface area contributed by atoms with E-state index in [1.54, 1.807) is 0 Å². The maximum atomic E-state index is 12.2. The molecule has 3 N–H and O–H groups in total. The molecule has 0 bridgehead atoms. The third kappa shape index (κ3) is 4.04. The normalized spacial score (nSPS) is 21.4. The van der Waals surface area contributed by atoms with E-state index in [4.69, 9.17) is 0 Å². The Morgan fingerprint density at radius 2 is 2.11 bits per heavy atom. The monoisotopic (exact) mass is 262 g/mol. The van der Waals surface area contributed by atoms with Crippen LogP contribution in [0.25, 0.3) is 0 Å². The molecule has 0 spiro atoms. The van der Waals surface area contributed by atoms with Crippen molar-refractivity contribution in [1.82, 2.24) is 10.6 Å². The first kappa shape index (κ1) is 14.0. The summed E-state index contributed by atoms with van der Waals surface area (Å²) >= 11 is 0. The number of benzene rings is 1. The van der Waals surface area contributed by atoms with E-state index in [1.165, 1.54) is 6.42 Å². The number of aliphatic hydroxyl groups excluding tert-OH is 1. The van der Waals surface area contributed by atoms with E-state index in [9.17, 15) is 9.90 Å². The molecule has 104 valence electrons. The smallest absolute Gasteiger partial charge is 0.237 e. The molecule has 1 unspecified atom stereocenters. The summed E-state index contributed by atoms with van der Waals surface area (Å²) in [5.41, 5.74) is 0.937. The van der Waals surface area contributed by atoms with Crippen LogP contribution in [0.4, 0.5) is 0 Å². The molecule has 0 radical (unpaired) electrons. The fraction of sp³-hybridized carbons (Fsp3) is 0.533. The van der Waals surface area contributed by atoms with E-state index in [1.807, 2.05) is 30.3 Å². The van der Waals surface area contributed by atoms with Crippen LogP contribution in [0.1, 0.15) is 37.3 Å². The second-order valence-corrected chi connectivity index (χ2v) is 5.01. The minimum atomic E-state index is -0.321. The molecular weight excluding hydrogens is 240 g/mol. The van der Waals surface area contributed by atoms with Gasteiger partial charge in [0.1, 0.15) is 0 Å². The Labute approximate surface area is 114 Å². The second-order valence-electron chi connectivity index (χ2n) is 5.01. The Hall–Kier alpha value is -1.39. The van der Waals surface area contributed by atoms with Gasteiger partial charge in [0.15, 0.2) is 0 Å². The van der Waals surface area contributed by atoms with Gasteiger partial charge in [0, 0.05) is 0 Å². The zero-order valence-corrected chi connectivity index (χ0v) is 11.1. The molecule has 1 aromatic carbocycles. The summed E-state index contributed by atoms with van der Waals surface area (Å²) in [6.45, 7) is 0.815. The predicted molar refractivity (Wildman–Crippen MR) is 74.7 cm³/mol. The van der Waals surface area contributed by atoms with Crippen LogP contribution in [-0.2, 0) is 4.79 Å². The van der Waals surface area contributed by atoms with Crippen LogP contribution in [0.2, 0.25) is 0 Å². The van der Waals surface area contributed by atoms with Gasteiger partial charge in [-0.15, -0.1) is 0 Å². The Bertz CT molecular complexity index is 386. The highest BCUT2D eigenvalue weighted by atomic mass is 16.3. The molecule has 4 heteroatoms. The van der Waals surface area contributed by atoms with Crippen molar-refractivity contribution in [3.63, 3.8) is 0 Å². The van der Waals surface area contributed by atoms with Crippen molar-refractivity contribution in [3.8, 4) is 0 Å². The van der Waals surface area contributed by atoms with E-state index in [0.717, 1.165) is 31.4 Å². The van der Waals surface area contributed by atoms with Gasteiger partial charge in [0.25, 0.3) is 0 Å². The van der Waals surface area contributed by atoms with Crippen LogP contribution in [0.15, 0.2) is 30.3 Å².